The summed E-state index contributed by atoms with van der Waals surface area (Å²) < 4.78 is 0.873. The number of nitrogens with zero attached hydrogens (tertiary/aromatic N) is 3. The molecule has 78 valence electrons. The second-order valence-corrected chi connectivity index (χ2v) is 6.12. The minimum absolute atomic E-state index is 0.587. The quantitative estimate of drug-likeness (QED) is 0.789. The van der Waals surface area contributed by atoms with E-state index in [1.165, 1.54) is 12.8 Å². The fourth-order valence-electron chi connectivity index (χ4n) is 1.92. The van der Waals surface area contributed by atoms with Crippen molar-refractivity contribution >= 4 is 32.4 Å². The highest BCUT2D eigenvalue weighted by molar-refractivity contribution is 9.11. The van der Waals surface area contributed by atoms with Gasteiger partial charge < -0.3 is 4.90 Å². The van der Waals surface area contributed by atoms with Crippen molar-refractivity contribution in [2.24, 2.45) is 5.92 Å². The van der Waals surface area contributed by atoms with Crippen molar-refractivity contribution in [3.8, 4) is 0 Å². The molecule has 0 radical (unpaired) electrons. The van der Waals surface area contributed by atoms with E-state index in [4.69, 9.17) is 0 Å². The Labute approximate surface area is 96.7 Å². The summed E-state index contributed by atoms with van der Waals surface area (Å²) >= 11 is 4.97. The zero-order chi connectivity index (χ0) is 10.1. The summed E-state index contributed by atoms with van der Waals surface area (Å²) in [5, 5.41) is 9.22. The van der Waals surface area contributed by atoms with Crippen molar-refractivity contribution in [2.75, 3.05) is 11.4 Å². The van der Waals surface area contributed by atoms with Crippen molar-refractivity contribution in [3.63, 3.8) is 0 Å². The van der Waals surface area contributed by atoms with E-state index in [0.717, 1.165) is 21.5 Å². The molecule has 5 heteroatoms. The average molecular weight is 276 g/mol. The summed E-state index contributed by atoms with van der Waals surface area (Å²) in [6, 6.07) is 0.587. The van der Waals surface area contributed by atoms with Gasteiger partial charge in [0.15, 0.2) is 3.92 Å². The SMILES string of the molecule is CC1CCCN(c2nnc(Br)s2)C1C. The molecule has 0 aliphatic carbocycles. The lowest BCUT2D eigenvalue weighted by Crippen LogP contribution is -2.42. The minimum Gasteiger partial charge on any atom is -0.344 e. The maximum Gasteiger partial charge on any atom is 0.209 e. The predicted molar refractivity (Wildman–Crippen MR) is 62.8 cm³/mol. The summed E-state index contributed by atoms with van der Waals surface area (Å²) in [6.07, 6.45) is 2.60. The van der Waals surface area contributed by atoms with E-state index in [2.05, 4.69) is 44.9 Å². The van der Waals surface area contributed by atoms with E-state index in [9.17, 15) is 0 Å². The third-order valence-corrected chi connectivity index (χ3v) is 4.40. The number of anilines is 1. The van der Waals surface area contributed by atoms with Gasteiger partial charge in [-0.1, -0.05) is 18.3 Å². The van der Waals surface area contributed by atoms with Crippen LogP contribution in [-0.2, 0) is 0 Å². The van der Waals surface area contributed by atoms with Gasteiger partial charge >= 0.3 is 0 Å². The molecule has 1 aromatic rings. The summed E-state index contributed by atoms with van der Waals surface area (Å²) in [4.78, 5) is 2.37. The molecule has 1 saturated heterocycles. The Morgan fingerprint density at radius 3 is 2.86 bits per heavy atom. The van der Waals surface area contributed by atoms with Crippen molar-refractivity contribution in [1.29, 1.82) is 0 Å². The van der Waals surface area contributed by atoms with Gasteiger partial charge in [0.05, 0.1) is 0 Å². The fourth-order valence-corrected chi connectivity index (χ4v) is 3.12. The molecule has 1 aromatic heterocycles. The number of piperidine rings is 1. The Morgan fingerprint density at radius 2 is 2.21 bits per heavy atom. The van der Waals surface area contributed by atoms with Gasteiger partial charge in [0, 0.05) is 12.6 Å². The largest absolute Gasteiger partial charge is 0.344 e. The molecule has 0 amide bonds. The van der Waals surface area contributed by atoms with E-state index in [1.807, 2.05) is 0 Å². The van der Waals surface area contributed by atoms with E-state index < -0.39 is 0 Å². The van der Waals surface area contributed by atoms with Crippen LogP contribution in [-0.4, -0.2) is 22.8 Å². The third-order valence-electron chi connectivity index (χ3n) is 3.01. The molecule has 0 aromatic carbocycles. The van der Waals surface area contributed by atoms with Gasteiger partial charge in [-0.05, 0) is 41.6 Å². The van der Waals surface area contributed by atoms with E-state index in [-0.39, 0.29) is 0 Å². The molecule has 2 heterocycles. The van der Waals surface area contributed by atoms with Crippen LogP contribution >= 0.6 is 27.3 Å². The van der Waals surface area contributed by atoms with Crippen LogP contribution < -0.4 is 4.90 Å². The molecule has 14 heavy (non-hydrogen) atoms. The molecule has 0 N–H and O–H groups in total. The van der Waals surface area contributed by atoms with Crippen LogP contribution in [0, 0.1) is 5.92 Å². The highest BCUT2D eigenvalue weighted by atomic mass is 79.9. The molecular weight excluding hydrogens is 262 g/mol. The van der Waals surface area contributed by atoms with Crippen molar-refractivity contribution in [1.82, 2.24) is 10.2 Å². The lowest BCUT2D eigenvalue weighted by Gasteiger charge is -2.37. The van der Waals surface area contributed by atoms with Crippen LogP contribution in [0.3, 0.4) is 0 Å². The maximum absolute atomic E-state index is 4.17. The van der Waals surface area contributed by atoms with Crippen molar-refractivity contribution < 1.29 is 0 Å². The number of rotatable bonds is 1. The van der Waals surface area contributed by atoms with Gasteiger partial charge in [-0.15, -0.1) is 10.2 Å². The first-order valence-corrected chi connectivity index (χ1v) is 6.55. The van der Waals surface area contributed by atoms with Crippen LogP contribution in [0.1, 0.15) is 26.7 Å². The molecule has 1 fully saturated rings. The molecule has 1 aliphatic rings. The van der Waals surface area contributed by atoms with E-state index >= 15 is 0 Å². The number of hydrogen-bond acceptors (Lipinski definition) is 4. The van der Waals surface area contributed by atoms with Crippen LogP contribution in [0.25, 0.3) is 0 Å². The van der Waals surface area contributed by atoms with Gasteiger partial charge in [0.2, 0.25) is 5.13 Å². The minimum atomic E-state index is 0.587. The normalized spacial score (nSPS) is 28.1. The highest BCUT2D eigenvalue weighted by Crippen LogP contribution is 2.31. The maximum atomic E-state index is 4.17. The number of aromatic nitrogens is 2. The van der Waals surface area contributed by atoms with E-state index in [1.54, 1.807) is 11.3 Å². The summed E-state index contributed by atoms with van der Waals surface area (Å²) in [5.41, 5.74) is 0. The Balaban J connectivity index is 2.17. The smallest absolute Gasteiger partial charge is 0.209 e. The summed E-state index contributed by atoms with van der Waals surface area (Å²) in [7, 11) is 0. The van der Waals surface area contributed by atoms with Gasteiger partial charge in [-0.2, -0.15) is 0 Å². The average Bonchev–Trinajstić information content (AvgIpc) is 2.57. The van der Waals surface area contributed by atoms with Gasteiger partial charge in [0.25, 0.3) is 0 Å². The highest BCUT2D eigenvalue weighted by Gasteiger charge is 2.26. The first kappa shape index (κ1) is 10.4. The van der Waals surface area contributed by atoms with E-state index in [0.29, 0.717) is 6.04 Å². The Bertz CT molecular complexity index is 315. The summed E-state index contributed by atoms with van der Waals surface area (Å²) in [5.74, 6) is 0.756. The number of hydrogen-bond donors (Lipinski definition) is 0. The van der Waals surface area contributed by atoms with Gasteiger partial charge in [-0.25, -0.2) is 0 Å². The molecule has 2 unspecified atom stereocenters. The predicted octanol–water partition coefficient (Wildman–Crippen LogP) is 2.93. The molecular formula is C9H14BrN3S. The topological polar surface area (TPSA) is 29.0 Å². The first-order valence-electron chi connectivity index (χ1n) is 4.94. The van der Waals surface area contributed by atoms with Crippen molar-refractivity contribution in [2.45, 2.75) is 32.7 Å². The van der Waals surface area contributed by atoms with Crippen LogP contribution in [0.5, 0.6) is 0 Å². The monoisotopic (exact) mass is 275 g/mol. The molecule has 2 rings (SSSR count). The van der Waals surface area contributed by atoms with Gasteiger partial charge in [0.1, 0.15) is 0 Å². The zero-order valence-electron chi connectivity index (χ0n) is 8.40. The Morgan fingerprint density at radius 1 is 1.43 bits per heavy atom. The molecule has 0 saturated carbocycles. The van der Waals surface area contributed by atoms with Crippen LogP contribution in [0.4, 0.5) is 5.13 Å². The first-order chi connectivity index (χ1) is 6.68. The van der Waals surface area contributed by atoms with Gasteiger partial charge in [-0.3, -0.25) is 0 Å². The zero-order valence-corrected chi connectivity index (χ0v) is 10.8. The van der Waals surface area contributed by atoms with Crippen LogP contribution in [0.2, 0.25) is 0 Å². The Hall–Kier alpha value is -0.160. The summed E-state index contributed by atoms with van der Waals surface area (Å²) in [6.45, 7) is 5.71. The fraction of sp³-hybridized carbons (Fsp3) is 0.778. The molecule has 0 bridgehead atoms. The second kappa shape index (κ2) is 4.14. The molecule has 3 nitrogen and oxygen atoms in total. The Kier molecular flexibility index (Phi) is 3.07. The standard InChI is InChI=1S/C9H14BrN3S/c1-6-4-3-5-13(7(6)2)9-12-11-8(10)14-9/h6-7H,3-5H2,1-2H3. The van der Waals surface area contributed by atoms with Crippen molar-refractivity contribution in [3.05, 3.63) is 3.92 Å². The molecule has 2 atom stereocenters. The lowest BCUT2D eigenvalue weighted by atomic mass is 9.93. The third kappa shape index (κ3) is 1.93. The molecule has 1 aliphatic heterocycles. The number of halogens is 1. The van der Waals surface area contributed by atoms with Crippen LogP contribution in [0.15, 0.2) is 3.92 Å². The second-order valence-electron chi connectivity index (χ2n) is 3.89. The lowest BCUT2D eigenvalue weighted by molar-refractivity contribution is 0.363. The molecule has 0 spiro atoms.